The average molecular weight is 297 g/mol. The predicted octanol–water partition coefficient (Wildman–Crippen LogP) is 2.31. The van der Waals surface area contributed by atoms with Crippen LogP contribution in [0.3, 0.4) is 0 Å². The van der Waals surface area contributed by atoms with Crippen LogP contribution >= 0.6 is 0 Å². The number of aliphatic hydroxyl groups is 1. The van der Waals surface area contributed by atoms with Crippen molar-refractivity contribution in [3.8, 4) is 0 Å². The van der Waals surface area contributed by atoms with Gasteiger partial charge in [0.25, 0.3) is 0 Å². The molecule has 1 atom stereocenters. The largest absolute Gasteiger partial charge is 0.396 e. The lowest BCUT2D eigenvalue weighted by molar-refractivity contribution is 0.209. The van der Waals surface area contributed by atoms with Crippen LogP contribution in [-0.4, -0.2) is 36.5 Å². The highest BCUT2D eigenvalue weighted by atomic mass is 32.2. The summed E-state index contributed by atoms with van der Waals surface area (Å²) in [6, 6.07) is 7.01. The molecule has 0 spiro atoms. The summed E-state index contributed by atoms with van der Waals surface area (Å²) in [5, 5.41) is 9.01. The molecule has 0 aliphatic carbocycles. The summed E-state index contributed by atoms with van der Waals surface area (Å²) in [7, 11) is -3.44. The highest BCUT2D eigenvalue weighted by Gasteiger charge is 2.43. The molecule has 2 rings (SSSR count). The zero-order chi connectivity index (χ0) is 14.8. The summed E-state index contributed by atoms with van der Waals surface area (Å²) < 4.78 is 27.2. The quantitative estimate of drug-likeness (QED) is 0.907. The summed E-state index contributed by atoms with van der Waals surface area (Å²) in [6.45, 7) is 4.60. The van der Waals surface area contributed by atoms with Crippen LogP contribution in [0.4, 0.5) is 0 Å². The predicted molar refractivity (Wildman–Crippen MR) is 79.0 cm³/mol. The minimum absolute atomic E-state index is 0.105. The molecular weight excluding hydrogens is 274 g/mol. The first-order valence-corrected chi connectivity index (χ1v) is 8.54. The fourth-order valence-electron chi connectivity index (χ4n) is 2.96. The van der Waals surface area contributed by atoms with Gasteiger partial charge in [-0.1, -0.05) is 17.7 Å². The van der Waals surface area contributed by atoms with E-state index in [1.54, 1.807) is 16.4 Å². The van der Waals surface area contributed by atoms with Crippen molar-refractivity contribution in [2.75, 3.05) is 13.2 Å². The maximum Gasteiger partial charge on any atom is 0.243 e. The second-order valence-electron chi connectivity index (χ2n) is 5.82. The molecule has 1 N–H and O–H groups in total. The minimum atomic E-state index is -3.44. The van der Waals surface area contributed by atoms with Gasteiger partial charge in [0.1, 0.15) is 0 Å². The van der Waals surface area contributed by atoms with Crippen LogP contribution in [0.2, 0.25) is 0 Å². The number of aliphatic hydroxyl groups excluding tert-OH is 1. The molecule has 112 valence electrons. The van der Waals surface area contributed by atoms with E-state index in [9.17, 15) is 8.42 Å². The van der Waals surface area contributed by atoms with Gasteiger partial charge in [0.2, 0.25) is 10.0 Å². The Morgan fingerprint density at radius 2 is 1.95 bits per heavy atom. The molecule has 1 saturated heterocycles. The molecule has 0 radical (unpaired) electrons. The van der Waals surface area contributed by atoms with Gasteiger partial charge in [-0.25, -0.2) is 8.42 Å². The van der Waals surface area contributed by atoms with E-state index in [-0.39, 0.29) is 12.1 Å². The summed E-state index contributed by atoms with van der Waals surface area (Å²) >= 11 is 0. The number of aryl methyl sites for hydroxylation is 1. The van der Waals surface area contributed by atoms with Crippen LogP contribution in [0.15, 0.2) is 29.2 Å². The standard InChI is InChI=1S/C15H23NO3S/c1-13-5-7-14(8-6-13)20(18,19)16-11-3-9-15(16,2)10-4-12-17/h5-8,17H,3-4,9-12H2,1-2H3. The van der Waals surface area contributed by atoms with E-state index in [2.05, 4.69) is 0 Å². The summed E-state index contributed by atoms with van der Waals surface area (Å²) in [5.74, 6) is 0. The lowest BCUT2D eigenvalue weighted by atomic mass is 9.94. The third-order valence-electron chi connectivity index (χ3n) is 4.16. The van der Waals surface area contributed by atoms with Crippen molar-refractivity contribution in [3.63, 3.8) is 0 Å². The normalized spacial score (nSPS) is 24.1. The van der Waals surface area contributed by atoms with E-state index >= 15 is 0 Å². The molecule has 1 aromatic rings. The van der Waals surface area contributed by atoms with E-state index < -0.39 is 10.0 Å². The van der Waals surface area contributed by atoms with Gasteiger partial charge in [-0.3, -0.25) is 0 Å². The molecular formula is C15H23NO3S. The fraction of sp³-hybridized carbons (Fsp3) is 0.600. The molecule has 20 heavy (non-hydrogen) atoms. The van der Waals surface area contributed by atoms with Crippen molar-refractivity contribution in [2.45, 2.75) is 50.0 Å². The maximum absolute atomic E-state index is 12.8. The number of rotatable bonds is 5. The van der Waals surface area contributed by atoms with E-state index in [1.807, 2.05) is 26.0 Å². The number of nitrogens with zero attached hydrogens (tertiary/aromatic N) is 1. The van der Waals surface area contributed by atoms with E-state index in [1.165, 1.54) is 0 Å². The molecule has 5 heteroatoms. The van der Waals surface area contributed by atoms with Gasteiger partial charge in [-0.2, -0.15) is 4.31 Å². The van der Waals surface area contributed by atoms with Crippen molar-refractivity contribution in [3.05, 3.63) is 29.8 Å². The van der Waals surface area contributed by atoms with Gasteiger partial charge in [-0.15, -0.1) is 0 Å². The molecule has 0 aromatic heterocycles. The monoisotopic (exact) mass is 297 g/mol. The first-order chi connectivity index (χ1) is 9.40. The molecule has 1 heterocycles. The van der Waals surface area contributed by atoms with Gasteiger partial charge >= 0.3 is 0 Å². The lowest BCUT2D eigenvalue weighted by Crippen LogP contribution is -2.45. The van der Waals surface area contributed by atoms with Gasteiger partial charge in [0.05, 0.1) is 4.90 Å². The fourth-order valence-corrected chi connectivity index (χ4v) is 4.82. The Morgan fingerprint density at radius 1 is 1.30 bits per heavy atom. The summed E-state index contributed by atoms with van der Waals surface area (Å²) in [6.07, 6.45) is 3.08. The Hall–Kier alpha value is -0.910. The third-order valence-corrected chi connectivity index (χ3v) is 6.23. The molecule has 1 aliphatic rings. The van der Waals surface area contributed by atoms with Crippen molar-refractivity contribution in [1.29, 1.82) is 0 Å². The Morgan fingerprint density at radius 3 is 2.55 bits per heavy atom. The van der Waals surface area contributed by atoms with Crippen molar-refractivity contribution in [1.82, 2.24) is 4.31 Å². The Kier molecular flexibility index (Phi) is 4.52. The van der Waals surface area contributed by atoms with Crippen LogP contribution < -0.4 is 0 Å². The van der Waals surface area contributed by atoms with Crippen LogP contribution in [0.5, 0.6) is 0 Å². The zero-order valence-corrected chi connectivity index (χ0v) is 13.0. The van der Waals surface area contributed by atoms with Gasteiger partial charge in [-0.05, 0) is 51.7 Å². The number of hydrogen-bond acceptors (Lipinski definition) is 3. The topological polar surface area (TPSA) is 57.6 Å². The van der Waals surface area contributed by atoms with Crippen LogP contribution in [0.25, 0.3) is 0 Å². The molecule has 4 nitrogen and oxygen atoms in total. The molecule has 0 bridgehead atoms. The van der Waals surface area contributed by atoms with Gasteiger partial charge < -0.3 is 5.11 Å². The maximum atomic E-state index is 12.8. The minimum Gasteiger partial charge on any atom is -0.396 e. The van der Waals surface area contributed by atoms with Crippen molar-refractivity contribution < 1.29 is 13.5 Å². The molecule has 1 aromatic carbocycles. The van der Waals surface area contributed by atoms with E-state index in [4.69, 9.17) is 5.11 Å². The Balaban J connectivity index is 2.30. The average Bonchev–Trinajstić information content (AvgIpc) is 2.80. The molecule has 0 amide bonds. The first kappa shape index (κ1) is 15.5. The molecule has 0 saturated carbocycles. The number of hydrogen-bond donors (Lipinski definition) is 1. The molecule has 1 fully saturated rings. The summed E-state index contributed by atoms with van der Waals surface area (Å²) in [5.41, 5.74) is 0.681. The van der Waals surface area contributed by atoms with Crippen LogP contribution in [0, 0.1) is 6.92 Å². The second-order valence-corrected chi connectivity index (χ2v) is 7.68. The zero-order valence-electron chi connectivity index (χ0n) is 12.2. The summed E-state index contributed by atoms with van der Waals surface area (Å²) in [4.78, 5) is 0.361. The number of benzene rings is 1. The SMILES string of the molecule is Cc1ccc(S(=O)(=O)N2CCCC2(C)CCCO)cc1. The Bertz CT molecular complexity index is 553. The molecule has 1 aliphatic heterocycles. The molecule has 1 unspecified atom stereocenters. The van der Waals surface area contributed by atoms with Crippen molar-refractivity contribution >= 4 is 10.0 Å². The second kappa shape index (κ2) is 5.84. The smallest absolute Gasteiger partial charge is 0.243 e. The third kappa shape index (κ3) is 2.90. The van der Waals surface area contributed by atoms with Crippen molar-refractivity contribution in [2.24, 2.45) is 0 Å². The number of sulfonamides is 1. The first-order valence-electron chi connectivity index (χ1n) is 7.10. The highest BCUT2D eigenvalue weighted by molar-refractivity contribution is 7.89. The van der Waals surface area contributed by atoms with Crippen LogP contribution in [0.1, 0.15) is 38.2 Å². The van der Waals surface area contributed by atoms with Crippen LogP contribution in [-0.2, 0) is 10.0 Å². The lowest BCUT2D eigenvalue weighted by Gasteiger charge is -2.34. The van der Waals surface area contributed by atoms with Gasteiger partial charge in [0.15, 0.2) is 0 Å². The Labute approximate surface area is 121 Å². The van der Waals surface area contributed by atoms with E-state index in [0.717, 1.165) is 18.4 Å². The highest BCUT2D eigenvalue weighted by Crippen LogP contribution is 2.37. The van der Waals surface area contributed by atoms with Gasteiger partial charge in [0, 0.05) is 18.7 Å². The van der Waals surface area contributed by atoms with E-state index in [0.29, 0.717) is 24.3 Å².